The standard InChI is InChI=1S/C24H23NO7/c26-21(17-18(22(27)28)20(24(31)32)19(17)23(29)30)25(14-16-10-5-2-6-11-16)13-7-12-15-8-3-1-4-9-15/h1-12,17-20H,13-14H2,(H,27,28)(H,29,30)(H,31,32)/b12-7+/t17?,18-,19-,20?/m0/s1. The summed E-state index contributed by atoms with van der Waals surface area (Å²) in [6.45, 7) is 0.237. The summed E-state index contributed by atoms with van der Waals surface area (Å²) in [7, 11) is 0. The van der Waals surface area contributed by atoms with E-state index < -0.39 is 47.5 Å². The van der Waals surface area contributed by atoms with Gasteiger partial charge in [0.2, 0.25) is 5.91 Å². The first-order valence-corrected chi connectivity index (χ1v) is 10.0. The first kappa shape index (κ1) is 22.7. The Hall–Kier alpha value is -3.94. The molecule has 0 aliphatic heterocycles. The van der Waals surface area contributed by atoms with Gasteiger partial charge >= 0.3 is 17.9 Å². The molecular weight excluding hydrogens is 414 g/mol. The third-order valence-corrected chi connectivity index (χ3v) is 5.65. The number of nitrogens with zero attached hydrogens (tertiary/aromatic N) is 1. The van der Waals surface area contributed by atoms with Crippen molar-refractivity contribution in [2.45, 2.75) is 6.54 Å². The Balaban J connectivity index is 1.88. The zero-order valence-electron chi connectivity index (χ0n) is 17.1. The SMILES string of the molecule is O=C(O)C1[C@@H](C(=O)O)C(C(=O)N(C/C=C/c2ccccc2)Cc2ccccc2)[C@@H]1C(=O)O. The molecule has 0 heterocycles. The Labute approximate surface area is 184 Å². The van der Waals surface area contributed by atoms with E-state index >= 15 is 0 Å². The lowest BCUT2D eigenvalue weighted by molar-refractivity contribution is -0.189. The van der Waals surface area contributed by atoms with E-state index in [1.807, 2.05) is 36.4 Å². The van der Waals surface area contributed by atoms with Crippen molar-refractivity contribution >= 4 is 29.9 Å². The van der Waals surface area contributed by atoms with Crippen LogP contribution in [0.3, 0.4) is 0 Å². The molecule has 0 radical (unpaired) electrons. The van der Waals surface area contributed by atoms with Crippen molar-refractivity contribution in [1.29, 1.82) is 0 Å². The summed E-state index contributed by atoms with van der Waals surface area (Å²) in [5, 5.41) is 28.4. The molecule has 0 bridgehead atoms. The van der Waals surface area contributed by atoms with Crippen molar-refractivity contribution in [3.05, 3.63) is 77.9 Å². The van der Waals surface area contributed by atoms with Crippen molar-refractivity contribution in [3.63, 3.8) is 0 Å². The van der Waals surface area contributed by atoms with Gasteiger partial charge in [-0.3, -0.25) is 19.2 Å². The van der Waals surface area contributed by atoms with E-state index in [2.05, 4.69) is 0 Å². The van der Waals surface area contributed by atoms with Gasteiger partial charge in [0.15, 0.2) is 0 Å². The highest BCUT2D eigenvalue weighted by atomic mass is 16.4. The fourth-order valence-corrected chi connectivity index (χ4v) is 4.10. The van der Waals surface area contributed by atoms with Gasteiger partial charge in [-0.25, -0.2) is 0 Å². The van der Waals surface area contributed by atoms with Gasteiger partial charge in [0.1, 0.15) is 0 Å². The number of hydrogen-bond donors (Lipinski definition) is 3. The van der Waals surface area contributed by atoms with Crippen LogP contribution in [0, 0.1) is 23.7 Å². The molecule has 0 spiro atoms. The van der Waals surface area contributed by atoms with E-state index in [-0.39, 0.29) is 13.1 Å². The second-order valence-corrected chi connectivity index (χ2v) is 7.64. The maximum absolute atomic E-state index is 13.3. The molecule has 3 N–H and O–H groups in total. The number of carbonyl (C=O) groups excluding carboxylic acids is 1. The maximum Gasteiger partial charge on any atom is 0.308 e. The van der Waals surface area contributed by atoms with Crippen LogP contribution in [0.15, 0.2) is 66.7 Å². The Kier molecular flexibility index (Phi) is 7.04. The normalized spacial score (nSPS) is 22.1. The first-order valence-electron chi connectivity index (χ1n) is 10.0. The van der Waals surface area contributed by atoms with Gasteiger partial charge in [0.25, 0.3) is 0 Å². The summed E-state index contributed by atoms with van der Waals surface area (Å²) < 4.78 is 0. The molecule has 2 aromatic carbocycles. The molecule has 1 saturated carbocycles. The van der Waals surface area contributed by atoms with Crippen LogP contribution in [-0.4, -0.2) is 50.6 Å². The first-order chi connectivity index (χ1) is 15.3. The molecule has 1 fully saturated rings. The third-order valence-electron chi connectivity index (χ3n) is 5.65. The summed E-state index contributed by atoms with van der Waals surface area (Å²) in [6, 6.07) is 18.4. The maximum atomic E-state index is 13.3. The molecule has 3 rings (SSSR count). The number of benzene rings is 2. The Morgan fingerprint density at radius 1 is 0.719 bits per heavy atom. The average Bonchev–Trinajstić information content (AvgIpc) is 2.73. The van der Waals surface area contributed by atoms with Crippen LogP contribution >= 0.6 is 0 Å². The van der Waals surface area contributed by atoms with E-state index in [1.165, 1.54) is 4.90 Å². The van der Waals surface area contributed by atoms with Gasteiger partial charge < -0.3 is 20.2 Å². The number of carboxylic acid groups (broad SMARTS) is 3. The van der Waals surface area contributed by atoms with Gasteiger partial charge in [-0.05, 0) is 11.1 Å². The number of hydrogen-bond acceptors (Lipinski definition) is 4. The van der Waals surface area contributed by atoms with Crippen LogP contribution in [0.4, 0.5) is 0 Å². The van der Waals surface area contributed by atoms with Crippen molar-refractivity contribution in [3.8, 4) is 0 Å². The van der Waals surface area contributed by atoms with Gasteiger partial charge in [0, 0.05) is 13.1 Å². The summed E-state index contributed by atoms with van der Waals surface area (Å²) in [5.41, 5.74) is 1.68. The number of carboxylic acids is 3. The van der Waals surface area contributed by atoms with Gasteiger partial charge in [0.05, 0.1) is 23.7 Å². The topological polar surface area (TPSA) is 132 Å². The number of carbonyl (C=O) groups is 4. The minimum atomic E-state index is -1.66. The van der Waals surface area contributed by atoms with Crippen LogP contribution < -0.4 is 0 Å². The van der Waals surface area contributed by atoms with Gasteiger partial charge in [-0.2, -0.15) is 0 Å². The fraction of sp³-hybridized carbons (Fsp3) is 0.250. The highest BCUT2D eigenvalue weighted by Gasteiger charge is 2.64. The van der Waals surface area contributed by atoms with Crippen LogP contribution in [0.1, 0.15) is 11.1 Å². The Morgan fingerprint density at radius 2 is 1.19 bits per heavy atom. The quantitative estimate of drug-likeness (QED) is 0.549. The van der Waals surface area contributed by atoms with Gasteiger partial charge in [-0.1, -0.05) is 72.8 Å². The predicted octanol–water partition coefficient (Wildman–Crippen LogP) is 2.46. The molecule has 2 aromatic rings. The summed E-state index contributed by atoms with van der Waals surface area (Å²) >= 11 is 0. The van der Waals surface area contributed by atoms with E-state index in [1.54, 1.807) is 36.4 Å². The minimum absolute atomic E-state index is 0.107. The largest absolute Gasteiger partial charge is 0.481 e. The zero-order valence-corrected chi connectivity index (χ0v) is 17.1. The molecule has 32 heavy (non-hydrogen) atoms. The molecule has 1 amide bonds. The number of rotatable bonds is 9. The second kappa shape index (κ2) is 9.91. The van der Waals surface area contributed by atoms with Crippen molar-refractivity contribution in [2.75, 3.05) is 6.54 Å². The smallest absolute Gasteiger partial charge is 0.308 e. The average molecular weight is 437 g/mol. The molecule has 1 aliphatic rings. The molecule has 166 valence electrons. The van der Waals surface area contributed by atoms with Crippen molar-refractivity contribution < 1.29 is 34.5 Å². The lowest BCUT2D eigenvalue weighted by Crippen LogP contribution is -2.62. The lowest BCUT2D eigenvalue weighted by Gasteiger charge is -2.45. The second-order valence-electron chi connectivity index (χ2n) is 7.64. The molecule has 8 nitrogen and oxygen atoms in total. The van der Waals surface area contributed by atoms with Crippen LogP contribution in [0.25, 0.3) is 6.08 Å². The Bertz CT molecular complexity index is 997. The lowest BCUT2D eigenvalue weighted by atomic mass is 9.56. The van der Waals surface area contributed by atoms with Gasteiger partial charge in [-0.15, -0.1) is 0 Å². The third kappa shape index (κ3) is 4.85. The highest BCUT2D eigenvalue weighted by Crippen LogP contribution is 2.48. The zero-order chi connectivity index (χ0) is 23.3. The summed E-state index contributed by atoms with van der Waals surface area (Å²) in [5.74, 6) is -11.5. The summed E-state index contributed by atoms with van der Waals surface area (Å²) in [6.07, 6.45) is 3.53. The molecular formula is C24H23NO7. The van der Waals surface area contributed by atoms with E-state index in [9.17, 15) is 34.5 Å². The summed E-state index contributed by atoms with van der Waals surface area (Å²) in [4.78, 5) is 49.7. The van der Waals surface area contributed by atoms with Crippen LogP contribution in [0.5, 0.6) is 0 Å². The molecule has 2 atom stereocenters. The monoisotopic (exact) mass is 437 g/mol. The van der Waals surface area contributed by atoms with Crippen molar-refractivity contribution in [2.24, 2.45) is 23.7 Å². The molecule has 0 unspecified atom stereocenters. The predicted molar refractivity (Wildman–Crippen MR) is 114 cm³/mol. The van der Waals surface area contributed by atoms with E-state index in [0.29, 0.717) is 0 Å². The van der Waals surface area contributed by atoms with E-state index in [4.69, 9.17) is 0 Å². The molecule has 0 saturated heterocycles. The number of amides is 1. The Morgan fingerprint density at radius 3 is 1.69 bits per heavy atom. The fourth-order valence-electron chi connectivity index (χ4n) is 4.10. The molecule has 0 aromatic heterocycles. The van der Waals surface area contributed by atoms with Crippen molar-refractivity contribution in [1.82, 2.24) is 4.90 Å². The van der Waals surface area contributed by atoms with Crippen LogP contribution in [0.2, 0.25) is 0 Å². The molecule has 1 aliphatic carbocycles. The van der Waals surface area contributed by atoms with Crippen LogP contribution in [-0.2, 0) is 25.7 Å². The minimum Gasteiger partial charge on any atom is -0.481 e. The van der Waals surface area contributed by atoms with E-state index in [0.717, 1.165) is 11.1 Å². The number of aliphatic carboxylic acids is 3. The molecule has 8 heteroatoms. The highest BCUT2D eigenvalue weighted by molar-refractivity contribution is 5.98.